The minimum absolute atomic E-state index is 0.0331. The van der Waals surface area contributed by atoms with Gasteiger partial charge in [0.05, 0.1) is 26.6 Å². The second kappa shape index (κ2) is 11.8. The Bertz CT molecular complexity index is 894. The highest BCUT2D eigenvalue weighted by molar-refractivity contribution is 5.82. The van der Waals surface area contributed by atoms with Gasteiger partial charge in [-0.1, -0.05) is 24.3 Å². The molecule has 0 radical (unpaired) electrons. The van der Waals surface area contributed by atoms with Crippen LogP contribution in [0.15, 0.2) is 42.5 Å². The molecule has 2 aromatic carbocycles. The van der Waals surface area contributed by atoms with Crippen molar-refractivity contribution in [3.05, 3.63) is 59.7 Å². The first-order valence-electron chi connectivity index (χ1n) is 9.88. The van der Waals surface area contributed by atoms with E-state index in [4.69, 9.17) is 4.74 Å². The van der Waals surface area contributed by atoms with E-state index in [1.165, 1.54) is 19.2 Å². The Morgan fingerprint density at radius 1 is 0.935 bits per heavy atom. The van der Waals surface area contributed by atoms with Crippen molar-refractivity contribution < 1.29 is 32.6 Å². The van der Waals surface area contributed by atoms with Crippen LogP contribution in [0.4, 0.5) is 8.78 Å². The summed E-state index contributed by atoms with van der Waals surface area (Å²) < 4.78 is 36.4. The quantitative estimate of drug-likeness (QED) is 0.580. The summed E-state index contributed by atoms with van der Waals surface area (Å²) in [5.74, 6) is -2.66. The number of benzene rings is 2. The van der Waals surface area contributed by atoms with Crippen LogP contribution in [0.25, 0.3) is 11.1 Å². The highest BCUT2D eigenvalue weighted by Gasteiger charge is 2.19. The first-order valence-corrected chi connectivity index (χ1v) is 9.88. The zero-order chi connectivity index (χ0) is 22.8. The van der Waals surface area contributed by atoms with E-state index in [9.17, 15) is 23.2 Å². The van der Waals surface area contributed by atoms with Crippen molar-refractivity contribution in [1.82, 2.24) is 5.32 Å². The number of esters is 2. The fraction of sp³-hybridized carbons (Fsp3) is 0.348. The third-order valence-electron chi connectivity index (χ3n) is 4.50. The molecule has 0 aliphatic carbocycles. The minimum atomic E-state index is -0.664. The molecule has 0 bridgehead atoms. The van der Waals surface area contributed by atoms with Gasteiger partial charge in [-0.25, -0.2) is 8.78 Å². The van der Waals surface area contributed by atoms with E-state index < -0.39 is 29.6 Å². The van der Waals surface area contributed by atoms with E-state index in [0.717, 1.165) is 11.6 Å². The van der Waals surface area contributed by atoms with Crippen LogP contribution < -0.4 is 5.32 Å². The van der Waals surface area contributed by atoms with Crippen LogP contribution in [0.3, 0.4) is 0 Å². The number of hydrogen-bond acceptors (Lipinski definition) is 5. The van der Waals surface area contributed by atoms with Crippen molar-refractivity contribution >= 4 is 17.8 Å². The molecular weight excluding hydrogens is 408 g/mol. The lowest BCUT2D eigenvalue weighted by Crippen LogP contribution is -2.38. The van der Waals surface area contributed by atoms with Crippen LogP contribution in [0, 0.1) is 11.6 Å². The van der Waals surface area contributed by atoms with E-state index in [-0.39, 0.29) is 31.8 Å². The molecular formula is C23H25F2NO5. The summed E-state index contributed by atoms with van der Waals surface area (Å²) in [6.45, 7) is 1.91. The second-order valence-corrected chi connectivity index (χ2v) is 6.91. The van der Waals surface area contributed by atoms with Crippen LogP contribution in [-0.2, 0) is 30.3 Å². The van der Waals surface area contributed by atoms with Crippen LogP contribution in [0.5, 0.6) is 0 Å². The number of nitrogens with one attached hydrogen (secondary N) is 1. The normalized spacial score (nSPS) is 11.5. The molecule has 0 saturated heterocycles. The summed E-state index contributed by atoms with van der Waals surface area (Å²) in [5, 5.41) is 2.75. The van der Waals surface area contributed by atoms with Crippen molar-refractivity contribution in [1.29, 1.82) is 0 Å². The molecule has 6 nitrogen and oxygen atoms in total. The molecule has 0 aliphatic rings. The Kier molecular flexibility index (Phi) is 9.12. The number of carbonyl (C=O) groups is 3. The van der Waals surface area contributed by atoms with E-state index in [1.54, 1.807) is 31.2 Å². The number of methoxy groups -OCH3 is 1. The average molecular weight is 433 g/mol. The molecule has 8 heteroatoms. The fourth-order valence-corrected chi connectivity index (χ4v) is 3.05. The Labute approximate surface area is 179 Å². The standard InChI is InChI=1S/C23H25F2NO5/c1-3-31-23(29)14-20(26-21(27)8-9-22(28)30-2)10-15-4-6-16(7-5-15)17-11-18(24)13-19(25)12-17/h4-7,11-13,20H,3,8-10,14H2,1-2H3,(H,26,27)/t20-/m1/s1. The van der Waals surface area contributed by atoms with Crippen molar-refractivity contribution in [2.24, 2.45) is 0 Å². The lowest BCUT2D eigenvalue weighted by molar-refractivity contribution is -0.144. The van der Waals surface area contributed by atoms with Gasteiger partial charge in [0.15, 0.2) is 0 Å². The lowest BCUT2D eigenvalue weighted by Gasteiger charge is -2.18. The van der Waals surface area contributed by atoms with Gasteiger partial charge < -0.3 is 14.8 Å². The summed E-state index contributed by atoms with van der Waals surface area (Å²) in [5.41, 5.74) is 1.85. The summed E-state index contributed by atoms with van der Waals surface area (Å²) in [7, 11) is 1.24. The maximum absolute atomic E-state index is 13.5. The SMILES string of the molecule is CCOC(=O)C[C@@H](Cc1ccc(-c2cc(F)cc(F)c2)cc1)NC(=O)CCC(=O)OC. The highest BCUT2D eigenvalue weighted by Crippen LogP contribution is 2.22. The van der Waals surface area contributed by atoms with Gasteiger partial charge in [-0.3, -0.25) is 14.4 Å². The summed E-state index contributed by atoms with van der Waals surface area (Å²) in [6.07, 6.45) is 0.179. The van der Waals surface area contributed by atoms with Gasteiger partial charge in [0.25, 0.3) is 0 Å². The molecule has 0 spiro atoms. The predicted octanol–water partition coefficient (Wildman–Crippen LogP) is 3.57. The monoisotopic (exact) mass is 433 g/mol. The molecule has 0 heterocycles. The molecule has 1 N–H and O–H groups in total. The Morgan fingerprint density at radius 2 is 1.58 bits per heavy atom. The molecule has 0 fully saturated rings. The average Bonchev–Trinajstić information content (AvgIpc) is 2.72. The van der Waals surface area contributed by atoms with Crippen molar-refractivity contribution in [3.8, 4) is 11.1 Å². The van der Waals surface area contributed by atoms with E-state index in [0.29, 0.717) is 17.5 Å². The Balaban J connectivity index is 2.08. The molecule has 0 aliphatic heterocycles. The van der Waals surface area contributed by atoms with Crippen LogP contribution in [0.1, 0.15) is 31.7 Å². The number of rotatable bonds is 10. The maximum Gasteiger partial charge on any atom is 0.307 e. The van der Waals surface area contributed by atoms with Crippen molar-refractivity contribution in [3.63, 3.8) is 0 Å². The van der Waals surface area contributed by atoms with Gasteiger partial charge in [0, 0.05) is 18.5 Å². The van der Waals surface area contributed by atoms with Crippen LogP contribution in [-0.4, -0.2) is 37.6 Å². The van der Waals surface area contributed by atoms with Crippen molar-refractivity contribution in [2.75, 3.05) is 13.7 Å². The topological polar surface area (TPSA) is 81.7 Å². The molecule has 0 aromatic heterocycles. The number of amides is 1. The Hall–Kier alpha value is -3.29. The third-order valence-corrected chi connectivity index (χ3v) is 4.50. The van der Waals surface area contributed by atoms with Crippen molar-refractivity contribution in [2.45, 2.75) is 38.6 Å². The van der Waals surface area contributed by atoms with Gasteiger partial charge in [0.1, 0.15) is 11.6 Å². The second-order valence-electron chi connectivity index (χ2n) is 6.91. The lowest BCUT2D eigenvalue weighted by atomic mass is 9.99. The first-order chi connectivity index (χ1) is 14.8. The highest BCUT2D eigenvalue weighted by atomic mass is 19.1. The zero-order valence-corrected chi connectivity index (χ0v) is 17.5. The summed E-state index contributed by atoms with van der Waals surface area (Å²) in [6, 6.07) is 9.69. The molecule has 166 valence electrons. The van der Waals surface area contributed by atoms with Gasteiger partial charge >= 0.3 is 11.9 Å². The van der Waals surface area contributed by atoms with Gasteiger partial charge in [-0.15, -0.1) is 0 Å². The van der Waals surface area contributed by atoms with E-state index >= 15 is 0 Å². The molecule has 2 rings (SSSR count). The summed E-state index contributed by atoms with van der Waals surface area (Å²) >= 11 is 0. The Morgan fingerprint density at radius 3 is 2.16 bits per heavy atom. The van der Waals surface area contributed by atoms with E-state index in [2.05, 4.69) is 10.1 Å². The number of halogens is 2. The maximum atomic E-state index is 13.5. The van der Waals surface area contributed by atoms with Gasteiger partial charge in [0.2, 0.25) is 5.91 Å². The largest absolute Gasteiger partial charge is 0.469 e. The number of ether oxygens (including phenoxy) is 2. The predicted molar refractivity (Wildman–Crippen MR) is 110 cm³/mol. The molecule has 2 aromatic rings. The van der Waals surface area contributed by atoms with Gasteiger partial charge in [-0.2, -0.15) is 0 Å². The van der Waals surface area contributed by atoms with Crippen LogP contribution in [0.2, 0.25) is 0 Å². The third kappa shape index (κ3) is 8.16. The zero-order valence-electron chi connectivity index (χ0n) is 17.5. The molecule has 1 amide bonds. The molecule has 0 saturated carbocycles. The van der Waals surface area contributed by atoms with E-state index in [1.807, 2.05) is 0 Å². The summed E-state index contributed by atoms with van der Waals surface area (Å²) in [4.78, 5) is 35.3. The molecule has 31 heavy (non-hydrogen) atoms. The molecule has 0 unspecified atom stereocenters. The van der Waals surface area contributed by atoms with Crippen LogP contribution >= 0.6 is 0 Å². The fourth-order valence-electron chi connectivity index (χ4n) is 3.05. The molecule has 1 atom stereocenters. The smallest absolute Gasteiger partial charge is 0.307 e. The first kappa shape index (κ1) is 24.0. The number of hydrogen-bond donors (Lipinski definition) is 1. The minimum Gasteiger partial charge on any atom is -0.469 e. The number of carbonyl (C=O) groups excluding carboxylic acids is 3. The van der Waals surface area contributed by atoms with Gasteiger partial charge in [-0.05, 0) is 42.2 Å².